The zero-order valence-corrected chi connectivity index (χ0v) is 11.9. The Morgan fingerprint density at radius 2 is 2.20 bits per heavy atom. The summed E-state index contributed by atoms with van der Waals surface area (Å²) in [6.45, 7) is 0.183. The van der Waals surface area contributed by atoms with Crippen LogP contribution in [0, 0.1) is 0 Å². The van der Waals surface area contributed by atoms with E-state index in [-0.39, 0.29) is 16.3 Å². The number of rotatable bonds is 6. The van der Waals surface area contributed by atoms with Crippen molar-refractivity contribution in [2.45, 2.75) is 11.3 Å². The topological polar surface area (TPSA) is 96.4 Å². The minimum Gasteiger partial charge on any atom is -0.477 e. The van der Waals surface area contributed by atoms with Crippen molar-refractivity contribution in [2.75, 3.05) is 6.54 Å². The molecule has 0 spiro atoms. The maximum atomic E-state index is 12.0. The van der Waals surface area contributed by atoms with E-state index in [1.807, 2.05) is 6.07 Å². The summed E-state index contributed by atoms with van der Waals surface area (Å²) in [5.41, 5.74) is 0.902. The van der Waals surface area contributed by atoms with Gasteiger partial charge in [0, 0.05) is 18.9 Å². The van der Waals surface area contributed by atoms with Gasteiger partial charge in [0.2, 0.25) is 10.0 Å². The van der Waals surface area contributed by atoms with E-state index in [9.17, 15) is 13.2 Å². The number of thiophene rings is 1. The first kappa shape index (κ1) is 14.6. The van der Waals surface area contributed by atoms with Crippen molar-refractivity contribution in [3.05, 3.63) is 46.4 Å². The van der Waals surface area contributed by atoms with E-state index in [0.717, 1.165) is 16.9 Å². The zero-order chi connectivity index (χ0) is 14.6. The van der Waals surface area contributed by atoms with E-state index in [0.29, 0.717) is 6.42 Å². The second kappa shape index (κ2) is 6.12. The fourth-order valence-electron chi connectivity index (χ4n) is 1.62. The van der Waals surface area contributed by atoms with Gasteiger partial charge >= 0.3 is 5.97 Å². The number of aromatic carboxylic acids is 1. The summed E-state index contributed by atoms with van der Waals surface area (Å²) in [6, 6.07) is 4.90. The molecule has 0 amide bonds. The molecule has 0 fully saturated rings. The third-order valence-corrected chi connectivity index (χ3v) is 5.08. The van der Waals surface area contributed by atoms with E-state index < -0.39 is 16.0 Å². The van der Waals surface area contributed by atoms with Crippen molar-refractivity contribution in [1.82, 2.24) is 9.71 Å². The summed E-state index contributed by atoms with van der Waals surface area (Å²) < 4.78 is 26.4. The summed E-state index contributed by atoms with van der Waals surface area (Å²) in [6.07, 6.45) is 3.78. The molecule has 0 saturated carbocycles. The minimum atomic E-state index is -3.80. The minimum absolute atomic E-state index is 0.182. The molecule has 0 atom stereocenters. The van der Waals surface area contributed by atoms with Gasteiger partial charge in [0.15, 0.2) is 0 Å². The Hall–Kier alpha value is -1.77. The molecule has 6 nitrogen and oxygen atoms in total. The van der Waals surface area contributed by atoms with Crippen LogP contribution in [0.3, 0.4) is 0 Å². The van der Waals surface area contributed by atoms with Crippen LogP contribution in [-0.2, 0) is 16.4 Å². The van der Waals surface area contributed by atoms with Gasteiger partial charge in [-0.15, -0.1) is 11.3 Å². The van der Waals surface area contributed by atoms with Gasteiger partial charge in [0.05, 0.1) is 0 Å². The largest absolute Gasteiger partial charge is 0.477 e. The number of carbonyl (C=O) groups is 1. The van der Waals surface area contributed by atoms with E-state index in [4.69, 9.17) is 5.11 Å². The first-order chi connectivity index (χ1) is 9.50. The second-order valence-corrected chi connectivity index (χ2v) is 6.58. The Morgan fingerprint density at radius 1 is 1.40 bits per heavy atom. The molecular formula is C12H12N2O4S2. The highest BCUT2D eigenvalue weighted by molar-refractivity contribution is 7.89. The fraction of sp³-hybridized carbons (Fsp3) is 0.167. The Balaban J connectivity index is 2.04. The third-order valence-electron chi connectivity index (χ3n) is 2.54. The highest BCUT2D eigenvalue weighted by Crippen LogP contribution is 2.21. The molecule has 0 unspecified atom stereocenters. The van der Waals surface area contributed by atoms with E-state index in [2.05, 4.69) is 9.71 Å². The summed E-state index contributed by atoms with van der Waals surface area (Å²) in [7, 11) is -3.80. The molecule has 2 aromatic heterocycles. The van der Waals surface area contributed by atoms with Gasteiger partial charge in [-0.2, -0.15) is 0 Å². The second-order valence-electron chi connectivity index (χ2n) is 3.93. The summed E-state index contributed by atoms with van der Waals surface area (Å²) in [5, 5.41) is 10.4. The summed E-state index contributed by atoms with van der Waals surface area (Å²) in [5.74, 6) is -1.24. The smallest absolute Gasteiger partial charge is 0.347 e. The predicted molar refractivity (Wildman–Crippen MR) is 74.4 cm³/mol. The number of hydrogen-bond donors (Lipinski definition) is 2. The van der Waals surface area contributed by atoms with Crippen molar-refractivity contribution < 1.29 is 18.3 Å². The van der Waals surface area contributed by atoms with Gasteiger partial charge in [0.1, 0.15) is 9.77 Å². The molecule has 8 heteroatoms. The number of aromatic nitrogens is 1. The average molecular weight is 312 g/mol. The number of carboxylic acid groups (broad SMARTS) is 1. The van der Waals surface area contributed by atoms with Crippen molar-refractivity contribution in [1.29, 1.82) is 0 Å². The molecule has 0 aliphatic carbocycles. The standard InChI is InChI=1S/C12H12N2O4S2/c15-12(16)11-10(4-7-19-11)20(17,18)14-6-3-9-2-1-5-13-8-9/h1-2,4-5,7-8,14H,3,6H2,(H,15,16). The molecule has 0 bridgehead atoms. The SMILES string of the molecule is O=C(O)c1sccc1S(=O)(=O)NCCc1cccnc1. The number of carboxylic acids is 1. The van der Waals surface area contributed by atoms with E-state index in [1.165, 1.54) is 11.4 Å². The number of sulfonamides is 1. The van der Waals surface area contributed by atoms with Crippen molar-refractivity contribution >= 4 is 27.3 Å². The molecule has 2 aromatic rings. The maximum Gasteiger partial charge on any atom is 0.347 e. The van der Waals surface area contributed by atoms with Gasteiger partial charge in [-0.3, -0.25) is 4.98 Å². The highest BCUT2D eigenvalue weighted by Gasteiger charge is 2.23. The monoisotopic (exact) mass is 312 g/mol. The van der Waals surface area contributed by atoms with Gasteiger partial charge < -0.3 is 5.11 Å². The number of nitrogens with zero attached hydrogens (tertiary/aromatic N) is 1. The molecule has 0 aliphatic heterocycles. The summed E-state index contributed by atoms with van der Waals surface area (Å²) in [4.78, 5) is 14.5. The molecule has 0 radical (unpaired) electrons. The lowest BCUT2D eigenvalue weighted by Gasteiger charge is -2.06. The first-order valence-corrected chi connectivity index (χ1v) is 8.06. The van der Waals surface area contributed by atoms with E-state index in [1.54, 1.807) is 18.5 Å². The van der Waals surface area contributed by atoms with Crippen LogP contribution in [0.2, 0.25) is 0 Å². The average Bonchev–Trinajstić information content (AvgIpc) is 2.90. The molecule has 0 aromatic carbocycles. The molecular weight excluding hydrogens is 300 g/mol. The molecule has 2 rings (SSSR count). The lowest BCUT2D eigenvalue weighted by molar-refractivity contribution is 0.0698. The summed E-state index contributed by atoms with van der Waals surface area (Å²) >= 11 is 0.886. The van der Waals surface area contributed by atoms with Gasteiger partial charge in [0.25, 0.3) is 0 Å². The van der Waals surface area contributed by atoms with Gasteiger partial charge in [-0.05, 0) is 29.5 Å². The van der Waals surface area contributed by atoms with Crippen LogP contribution in [0.25, 0.3) is 0 Å². The zero-order valence-electron chi connectivity index (χ0n) is 10.3. The van der Waals surface area contributed by atoms with Gasteiger partial charge in [-0.25, -0.2) is 17.9 Å². The lowest BCUT2D eigenvalue weighted by atomic mass is 10.2. The Morgan fingerprint density at radius 3 is 2.85 bits per heavy atom. The van der Waals surface area contributed by atoms with Crippen LogP contribution in [-0.4, -0.2) is 31.0 Å². The van der Waals surface area contributed by atoms with Crippen molar-refractivity contribution in [2.24, 2.45) is 0 Å². The van der Waals surface area contributed by atoms with Crippen LogP contribution in [0.4, 0.5) is 0 Å². The van der Waals surface area contributed by atoms with Crippen molar-refractivity contribution in [3.8, 4) is 0 Å². The molecule has 20 heavy (non-hydrogen) atoms. The normalized spacial score (nSPS) is 11.4. The van der Waals surface area contributed by atoms with Crippen LogP contribution in [0.15, 0.2) is 40.9 Å². The highest BCUT2D eigenvalue weighted by atomic mass is 32.2. The first-order valence-electron chi connectivity index (χ1n) is 5.70. The van der Waals surface area contributed by atoms with Crippen LogP contribution < -0.4 is 4.72 Å². The molecule has 2 N–H and O–H groups in total. The molecule has 106 valence electrons. The Kier molecular flexibility index (Phi) is 4.48. The quantitative estimate of drug-likeness (QED) is 0.839. The number of pyridine rings is 1. The number of nitrogens with one attached hydrogen (secondary N) is 1. The third kappa shape index (κ3) is 3.41. The Labute approximate surface area is 120 Å². The van der Waals surface area contributed by atoms with Crippen LogP contribution in [0.1, 0.15) is 15.2 Å². The molecule has 2 heterocycles. The van der Waals surface area contributed by atoms with E-state index >= 15 is 0 Å². The fourth-order valence-corrected chi connectivity index (χ4v) is 3.91. The number of hydrogen-bond acceptors (Lipinski definition) is 5. The van der Waals surface area contributed by atoms with Crippen LogP contribution >= 0.6 is 11.3 Å². The van der Waals surface area contributed by atoms with Gasteiger partial charge in [-0.1, -0.05) is 6.07 Å². The molecule has 0 saturated heterocycles. The maximum absolute atomic E-state index is 12.0. The lowest BCUT2D eigenvalue weighted by Crippen LogP contribution is -2.26. The van der Waals surface area contributed by atoms with Crippen LogP contribution in [0.5, 0.6) is 0 Å². The molecule has 0 aliphatic rings. The Bertz CT molecular complexity index is 695. The van der Waals surface area contributed by atoms with Crippen molar-refractivity contribution in [3.63, 3.8) is 0 Å². The predicted octanol–water partition coefficient (Wildman–Crippen LogP) is 1.36.